The van der Waals surface area contributed by atoms with Crippen LogP contribution in [-0.4, -0.2) is 14.8 Å². The number of furan rings is 1. The lowest BCUT2D eigenvalue weighted by Crippen LogP contribution is -2.07. The van der Waals surface area contributed by atoms with Crippen LogP contribution in [0.1, 0.15) is 30.3 Å². The number of aromatic nitrogens is 3. The molecular formula is C11H14N4OS. The lowest BCUT2D eigenvalue weighted by molar-refractivity contribution is 0.565. The second-order valence-electron chi connectivity index (χ2n) is 4.12. The second-order valence-corrected chi connectivity index (χ2v) is 5.07. The van der Waals surface area contributed by atoms with Crippen molar-refractivity contribution < 1.29 is 4.42 Å². The molecule has 2 aromatic heterocycles. The molecule has 1 fully saturated rings. The van der Waals surface area contributed by atoms with E-state index in [4.69, 9.17) is 10.2 Å². The molecule has 0 aromatic carbocycles. The van der Waals surface area contributed by atoms with Gasteiger partial charge in [-0.3, -0.25) is 0 Å². The third kappa shape index (κ3) is 2.23. The Hall–Kier alpha value is -1.27. The van der Waals surface area contributed by atoms with E-state index in [2.05, 4.69) is 14.8 Å². The van der Waals surface area contributed by atoms with Gasteiger partial charge in [-0.1, -0.05) is 11.8 Å². The topological polar surface area (TPSA) is 69.9 Å². The van der Waals surface area contributed by atoms with E-state index in [1.54, 1.807) is 24.3 Å². The third-order valence-corrected chi connectivity index (χ3v) is 3.79. The predicted octanol–water partition coefficient (Wildman–Crippen LogP) is 1.96. The SMILES string of the molecule is NCc1nnc(SCc2ccoc2)n1C1CC1. The van der Waals surface area contributed by atoms with E-state index in [1.807, 2.05) is 6.07 Å². The fraction of sp³-hybridized carbons (Fsp3) is 0.455. The zero-order chi connectivity index (χ0) is 11.7. The van der Waals surface area contributed by atoms with Crippen molar-refractivity contribution in [2.24, 2.45) is 5.73 Å². The lowest BCUT2D eigenvalue weighted by atomic mass is 10.4. The highest BCUT2D eigenvalue weighted by atomic mass is 32.2. The largest absolute Gasteiger partial charge is 0.472 e. The Kier molecular flexibility index (Phi) is 2.90. The second kappa shape index (κ2) is 4.54. The average Bonchev–Trinajstić information content (AvgIpc) is 2.92. The number of thioether (sulfide) groups is 1. The van der Waals surface area contributed by atoms with Gasteiger partial charge in [0.1, 0.15) is 5.82 Å². The quantitative estimate of drug-likeness (QED) is 0.821. The van der Waals surface area contributed by atoms with Gasteiger partial charge in [0.15, 0.2) is 5.16 Å². The van der Waals surface area contributed by atoms with Gasteiger partial charge in [0.05, 0.1) is 19.1 Å². The molecule has 3 rings (SSSR count). The molecule has 0 atom stereocenters. The maximum Gasteiger partial charge on any atom is 0.191 e. The molecule has 5 nitrogen and oxygen atoms in total. The molecule has 2 aromatic rings. The number of hydrogen-bond donors (Lipinski definition) is 1. The maximum absolute atomic E-state index is 5.67. The molecule has 0 radical (unpaired) electrons. The van der Waals surface area contributed by atoms with E-state index in [-0.39, 0.29) is 0 Å². The third-order valence-electron chi connectivity index (χ3n) is 2.78. The average molecular weight is 250 g/mol. The van der Waals surface area contributed by atoms with Crippen LogP contribution in [0.5, 0.6) is 0 Å². The Morgan fingerprint density at radius 1 is 1.47 bits per heavy atom. The van der Waals surface area contributed by atoms with E-state index in [9.17, 15) is 0 Å². The van der Waals surface area contributed by atoms with Gasteiger partial charge in [-0.2, -0.15) is 0 Å². The smallest absolute Gasteiger partial charge is 0.191 e. The number of nitrogens with zero attached hydrogens (tertiary/aromatic N) is 3. The minimum Gasteiger partial charge on any atom is -0.472 e. The van der Waals surface area contributed by atoms with Crippen molar-refractivity contribution in [3.05, 3.63) is 30.0 Å². The highest BCUT2D eigenvalue weighted by Gasteiger charge is 2.29. The van der Waals surface area contributed by atoms with Crippen LogP contribution in [-0.2, 0) is 12.3 Å². The molecule has 0 unspecified atom stereocenters. The Morgan fingerprint density at radius 3 is 3.00 bits per heavy atom. The summed E-state index contributed by atoms with van der Waals surface area (Å²) in [6.07, 6.45) is 5.87. The molecule has 17 heavy (non-hydrogen) atoms. The van der Waals surface area contributed by atoms with Crippen LogP contribution in [0.4, 0.5) is 0 Å². The minimum atomic E-state index is 0.454. The Labute approximate surface area is 103 Å². The van der Waals surface area contributed by atoms with Gasteiger partial charge in [-0.15, -0.1) is 10.2 Å². The van der Waals surface area contributed by atoms with Gasteiger partial charge >= 0.3 is 0 Å². The van der Waals surface area contributed by atoms with E-state index >= 15 is 0 Å². The molecule has 0 spiro atoms. The zero-order valence-corrected chi connectivity index (χ0v) is 10.2. The van der Waals surface area contributed by atoms with Crippen LogP contribution in [0.25, 0.3) is 0 Å². The first-order valence-corrected chi connectivity index (χ1v) is 6.64. The molecule has 90 valence electrons. The summed E-state index contributed by atoms with van der Waals surface area (Å²) < 4.78 is 7.23. The first-order valence-electron chi connectivity index (χ1n) is 5.66. The van der Waals surface area contributed by atoms with Crippen LogP contribution in [0.2, 0.25) is 0 Å². The highest BCUT2D eigenvalue weighted by molar-refractivity contribution is 7.98. The first kappa shape index (κ1) is 10.9. The number of rotatable bonds is 5. The van der Waals surface area contributed by atoms with E-state index in [1.165, 1.54) is 12.8 Å². The van der Waals surface area contributed by atoms with Crippen LogP contribution >= 0.6 is 11.8 Å². The Morgan fingerprint density at radius 2 is 2.35 bits per heavy atom. The van der Waals surface area contributed by atoms with Crippen molar-refractivity contribution in [1.82, 2.24) is 14.8 Å². The first-order chi connectivity index (χ1) is 8.38. The summed E-state index contributed by atoms with van der Waals surface area (Å²) in [7, 11) is 0. The van der Waals surface area contributed by atoms with Crippen molar-refractivity contribution in [2.75, 3.05) is 0 Å². The van der Waals surface area contributed by atoms with Crippen molar-refractivity contribution in [2.45, 2.75) is 36.3 Å². The minimum absolute atomic E-state index is 0.454. The van der Waals surface area contributed by atoms with E-state index in [0.29, 0.717) is 12.6 Å². The summed E-state index contributed by atoms with van der Waals surface area (Å²) in [6, 6.07) is 2.53. The number of nitrogens with two attached hydrogens (primary N) is 1. The standard InChI is InChI=1S/C11H14N4OS/c12-5-10-13-14-11(15(10)9-1-2-9)17-7-8-3-4-16-6-8/h3-4,6,9H,1-2,5,7,12H2. The summed E-state index contributed by atoms with van der Waals surface area (Å²) in [4.78, 5) is 0. The lowest BCUT2D eigenvalue weighted by Gasteiger charge is -2.06. The predicted molar refractivity (Wildman–Crippen MR) is 64.5 cm³/mol. The van der Waals surface area contributed by atoms with Crippen LogP contribution in [0, 0.1) is 0 Å². The summed E-state index contributed by atoms with van der Waals surface area (Å²) in [5.41, 5.74) is 6.83. The van der Waals surface area contributed by atoms with Crippen molar-refractivity contribution in [3.8, 4) is 0 Å². The molecule has 1 aliphatic rings. The van der Waals surface area contributed by atoms with Gasteiger partial charge in [0, 0.05) is 17.4 Å². The van der Waals surface area contributed by atoms with Crippen molar-refractivity contribution in [3.63, 3.8) is 0 Å². The summed E-state index contributed by atoms with van der Waals surface area (Å²) in [6.45, 7) is 0.454. The summed E-state index contributed by atoms with van der Waals surface area (Å²) in [5.74, 6) is 1.74. The highest BCUT2D eigenvalue weighted by Crippen LogP contribution is 2.39. The molecule has 1 saturated carbocycles. The van der Waals surface area contributed by atoms with Gasteiger partial charge in [0.25, 0.3) is 0 Å². The molecular weight excluding hydrogens is 236 g/mol. The molecule has 0 bridgehead atoms. The fourth-order valence-electron chi connectivity index (χ4n) is 1.77. The van der Waals surface area contributed by atoms with Crippen molar-refractivity contribution >= 4 is 11.8 Å². The van der Waals surface area contributed by atoms with Crippen LogP contribution in [0.3, 0.4) is 0 Å². The van der Waals surface area contributed by atoms with Gasteiger partial charge in [-0.25, -0.2) is 0 Å². The van der Waals surface area contributed by atoms with Gasteiger partial charge in [0.2, 0.25) is 0 Å². The molecule has 2 N–H and O–H groups in total. The van der Waals surface area contributed by atoms with Crippen molar-refractivity contribution in [1.29, 1.82) is 0 Å². The Balaban J connectivity index is 1.76. The van der Waals surface area contributed by atoms with Crippen LogP contribution in [0.15, 0.2) is 28.2 Å². The maximum atomic E-state index is 5.67. The van der Waals surface area contributed by atoms with E-state index in [0.717, 1.165) is 22.3 Å². The zero-order valence-electron chi connectivity index (χ0n) is 9.37. The summed E-state index contributed by atoms with van der Waals surface area (Å²) >= 11 is 1.68. The molecule has 1 aliphatic carbocycles. The van der Waals surface area contributed by atoms with E-state index < -0.39 is 0 Å². The van der Waals surface area contributed by atoms with Gasteiger partial charge < -0.3 is 14.7 Å². The molecule has 0 saturated heterocycles. The Bertz CT molecular complexity index is 490. The van der Waals surface area contributed by atoms with Crippen LogP contribution < -0.4 is 5.73 Å². The molecule has 2 heterocycles. The molecule has 6 heteroatoms. The van der Waals surface area contributed by atoms with Gasteiger partial charge in [-0.05, 0) is 18.9 Å². The fourth-order valence-corrected chi connectivity index (χ4v) is 2.72. The molecule has 0 aliphatic heterocycles. The molecule has 0 amide bonds. The number of hydrogen-bond acceptors (Lipinski definition) is 5. The normalized spacial score (nSPS) is 15.4. The monoisotopic (exact) mass is 250 g/mol. The summed E-state index contributed by atoms with van der Waals surface area (Å²) in [5, 5.41) is 9.32.